The van der Waals surface area contributed by atoms with E-state index in [-0.39, 0.29) is 29.6 Å². The van der Waals surface area contributed by atoms with E-state index < -0.39 is 6.04 Å². The van der Waals surface area contributed by atoms with E-state index in [0.29, 0.717) is 12.1 Å². The Morgan fingerprint density at radius 3 is 2.12 bits per heavy atom. The summed E-state index contributed by atoms with van der Waals surface area (Å²) in [5, 5.41) is 5.53. The Kier molecular flexibility index (Phi) is 9.01. The van der Waals surface area contributed by atoms with Gasteiger partial charge in [-0.15, -0.1) is 0 Å². The molecular weight excluding hydrogens is 326 g/mol. The predicted octanol–water partition coefficient (Wildman–Crippen LogP) is -1.22. The van der Waals surface area contributed by atoms with Gasteiger partial charge in [-0.25, -0.2) is 0 Å². The zero-order valence-corrected chi connectivity index (χ0v) is 16.2. The van der Waals surface area contributed by atoms with Gasteiger partial charge < -0.3 is 27.9 Å². The summed E-state index contributed by atoms with van der Waals surface area (Å²) in [7, 11) is 3.89. The van der Waals surface area contributed by atoms with Crippen LogP contribution in [0.25, 0.3) is 0 Å². The average Bonchev–Trinajstić information content (AvgIpc) is 2.45. The van der Waals surface area contributed by atoms with Crippen molar-refractivity contribution >= 4 is 11.8 Å². The van der Waals surface area contributed by atoms with Crippen LogP contribution in [0.3, 0.4) is 0 Å². The highest BCUT2D eigenvalue weighted by atomic mass is 35.5. The fourth-order valence-corrected chi connectivity index (χ4v) is 2.02. The number of nitrogens with one attached hydrogen (secondary N) is 2. The van der Waals surface area contributed by atoms with Crippen molar-refractivity contribution in [3.8, 4) is 0 Å². The summed E-state index contributed by atoms with van der Waals surface area (Å²) in [5.74, 6) is -0.410. The Hall–Kier alpha value is -1.59. The molecule has 0 radical (unpaired) electrons. The highest BCUT2D eigenvalue weighted by molar-refractivity contribution is 5.97. The number of benzene rings is 1. The minimum Gasteiger partial charge on any atom is -1.00 e. The van der Waals surface area contributed by atoms with Crippen molar-refractivity contribution in [3.63, 3.8) is 0 Å². The van der Waals surface area contributed by atoms with Gasteiger partial charge in [-0.3, -0.25) is 9.59 Å². The molecule has 2 N–H and O–H groups in total. The van der Waals surface area contributed by atoms with E-state index in [0.717, 1.165) is 6.54 Å². The van der Waals surface area contributed by atoms with Crippen molar-refractivity contribution in [1.82, 2.24) is 15.5 Å². The average molecular weight is 355 g/mol. The number of hydrogen-bond donors (Lipinski definition) is 2. The van der Waals surface area contributed by atoms with Gasteiger partial charge in [0.2, 0.25) is 5.91 Å². The Balaban J connectivity index is 0.00000529. The first kappa shape index (κ1) is 22.4. The third kappa shape index (κ3) is 7.32. The maximum Gasteiger partial charge on any atom is 0.251 e. The summed E-state index contributed by atoms with van der Waals surface area (Å²) >= 11 is 0. The SMILES string of the molecule is CC(NC(=O)c1ccc(C(C)(C)C)cc1)C(=O)NCCN(C)C.[Cl-]. The Morgan fingerprint density at radius 1 is 1.12 bits per heavy atom. The van der Waals surface area contributed by atoms with Crippen LogP contribution in [-0.2, 0) is 10.2 Å². The van der Waals surface area contributed by atoms with E-state index in [1.165, 1.54) is 5.56 Å². The van der Waals surface area contributed by atoms with Crippen molar-refractivity contribution in [3.05, 3.63) is 35.4 Å². The molecule has 0 saturated heterocycles. The molecule has 0 spiro atoms. The second kappa shape index (κ2) is 9.64. The molecule has 24 heavy (non-hydrogen) atoms. The second-order valence-corrected chi connectivity index (χ2v) is 7.12. The van der Waals surface area contributed by atoms with Crippen molar-refractivity contribution in [2.24, 2.45) is 0 Å². The zero-order chi connectivity index (χ0) is 17.6. The molecule has 1 rings (SSSR count). The molecule has 0 bridgehead atoms. The standard InChI is InChI=1S/C18H29N3O2.ClH/c1-13(16(22)19-11-12-21(5)6)20-17(23)14-7-9-15(10-8-14)18(2,3)4;/h7-10,13H,11-12H2,1-6H3,(H,19,22)(H,20,23);1H/p-1. The van der Waals surface area contributed by atoms with E-state index in [1.807, 2.05) is 31.1 Å². The van der Waals surface area contributed by atoms with Crippen LogP contribution in [0.15, 0.2) is 24.3 Å². The summed E-state index contributed by atoms with van der Waals surface area (Å²) in [6.45, 7) is 9.39. The topological polar surface area (TPSA) is 61.4 Å². The molecular formula is C18H29ClN3O2-. The molecule has 2 amide bonds. The molecule has 0 fully saturated rings. The number of likely N-dealkylation sites (N-methyl/N-ethyl adjacent to an activating group) is 1. The maximum atomic E-state index is 12.2. The number of carbonyl (C=O) groups is 2. The Labute approximate surface area is 151 Å². The van der Waals surface area contributed by atoms with Crippen LogP contribution in [0.2, 0.25) is 0 Å². The van der Waals surface area contributed by atoms with E-state index >= 15 is 0 Å². The Morgan fingerprint density at radius 2 is 1.67 bits per heavy atom. The lowest BCUT2D eigenvalue weighted by atomic mass is 9.86. The van der Waals surface area contributed by atoms with Crippen LogP contribution >= 0.6 is 0 Å². The number of amides is 2. The van der Waals surface area contributed by atoms with Gasteiger partial charge in [-0.05, 0) is 44.1 Å². The fraction of sp³-hybridized carbons (Fsp3) is 0.556. The van der Waals surface area contributed by atoms with Gasteiger partial charge in [-0.1, -0.05) is 32.9 Å². The largest absolute Gasteiger partial charge is 1.00 e. The first-order chi connectivity index (χ1) is 10.6. The molecule has 0 aliphatic heterocycles. The number of carbonyl (C=O) groups excluding carboxylic acids is 2. The normalized spacial score (nSPS) is 12.3. The minimum absolute atomic E-state index is 0. The lowest BCUT2D eigenvalue weighted by Gasteiger charge is -2.19. The highest BCUT2D eigenvalue weighted by Crippen LogP contribution is 2.22. The van der Waals surface area contributed by atoms with Crippen molar-refractivity contribution in [1.29, 1.82) is 0 Å². The monoisotopic (exact) mass is 354 g/mol. The molecule has 0 aliphatic rings. The van der Waals surface area contributed by atoms with E-state index in [2.05, 4.69) is 31.4 Å². The van der Waals surface area contributed by atoms with Gasteiger partial charge in [0.1, 0.15) is 6.04 Å². The molecule has 5 nitrogen and oxygen atoms in total. The van der Waals surface area contributed by atoms with Gasteiger partial charge in [0, 0.05) is 18.7 Å². The van der Waals surface area contributed by atoms with Crippen LogP contribution in [0.1, 0.15) is 43.6 Å². The number of rotatable bonds is 6. The molecule has 1 aromatic rings. The Bertz CT molecular complexity index is 536. The first-order valence-corrected chi connectivity index (χ1v) is 7.95. The quantitative estimate of drug-likeness (QED) is 0.673. The van der Waals surface area contributed by atoms with Crippen molar-refractivity contribution < 1.29 is 22.0 Å². The van der Waals surface area contributed by atoms with Gasteiger partial charge in [0.05, 0.1) is 0 Å². The first-order valence-electron chi connectivity index (χ1n) is 7.95. The third-order valence-electron chi connectivity index (χ3n) is 3.61. The molecule has 0 heterocycles. The van der Waals surface area contributed by atoms with E-state index in [9.17, 15) is 9.59 Å². The number of hydrogen-bond acceptors (Lipinski definition) is 3. The summed E-state index contributed by atoms with van der Waals surface area (Å²) in [6, 6.07) is 6.94. The smallest absolute Gasteiger partial charge is 0.251 e. The molecule has 6 heteroatoms. The second-order valence-electron chi connectivity index (χ2n) is 7.12. The number of halogens is 1. The molecule has 136 valence electrons. The molecule has 0 aliphatic carbocycles. The van der Waals surface area contributed by atoms with Crippen LogP contribution in [0, 0.1) is 0 Å². The fourth-order valence-electron chi connectivity index (χ4n) is 2.02. The van der Waals surface area contributed by atoms with Crippen molar-refractivity contribution in [2.75, 3.05) is 27.2 Å². The third-order valence-corrected chi connectivity index (χ3v) is 3.61. The van der Waals surface area contributed by atoms with Crippen LogP contribution in [0.4, 0.5) is 0 Å². The molecule has 1 atom stereocenters. The lowest BCUT2D eigenvalue weighted by Crippen LogP contribution is -3.00. The zero-order valence-electron chi connectivity index (χ0n) is 15.4. The van der Waals surface area contributed by atoms with E-state index in [4.69, 9.17) is 0 Å². The van der Waals surface area contributed by atoms with Crippen LogP contribution in [-0.4, -0.2) is 49.9 Å². The summed E-state index contributed by atoms with van der Waals surface area (Å²) in [5.41, 5.74) is 1.78. The lowest BCUT2D eigenvalue weighted by molar-refractivity contribution is -0.122. The van der Waals surface area contributed by atoms with Crippen molar-refractivity contribution in [2.45, 2.75) is 39.2 Å². The molecule has 1 aromatic carbocycles. The molecule has 0 aromatic heterocycles. The minimum atomic E-state index is -0.563. The van der Waals surface area contributed by atoms with E-state index in [1.54, 1.807) is 19.1 Å². The summed E-state index contributed by atoms with van der Waals surface area (Å²) in [6.07, 6.45) is 0. The van der Waals surface area contributed by atoms with Gasteiger partial charge in [-0.2, -0.15) is 0 Å². The van der Waals surface area contributed by atoms with Crippen LogP contribution < -0.4 is 23.0 Å². The number of nitrogens with zero attached hydrogens (tertiary/aromatic N) is 1. The maximum absolute atomic E-state index is 12.2. The summed E-state index contributed by atoms with van der Waals surface area (Å²) in [4.78, 5) is 26.1. The van der Waals surface area contributed by atoms with Gasteiger partial charge in [0.25, 0.3) is 5.91 Å². The molecule has 1 unspecified atom stereocenters. The highest BCUT2D eigenvalue weighted by Gasteiger charge is 2.17. The molecule has 0 saturated carbocycles. The van der Waals surface area contributed by atoms with Gasteiger partial charge >= 0.3 is 0 Å². The predicted molar refractivity (Wildman–Crippen MR) is 93.6 cm³/mol. The van der Waals surface area contributed by atoms with Crippen LogP contribution in [0.5, 0.6) is 0 Å². The summed E-state index contributed by atoms with van der Waals surface area (Å²) < 4.78 is 0. The van der Waals surface area contributed by atoms with Gasteiger partial charge in [0.15, 0.2) is 0 Å².